The number of esters is 1. The smallest absolute Gasteiger partial charge is 0.316 e. The summed E-state index contributed by atoms with van der Waals surface area (Å²) in [5.41, 5.74) is 3.41. The molecule has 0 unspecified atom stereocenters. The molecule has 30 heavy (non-hydrogen) atoms. The Hall–Kier alpha value is -3.19. The Labute approximate surface area is 176 Å². The number of carbonyl (C=O) groups excluding carboxylic acids is 1. The van der Waals surface area contributed by atoms with E-state index in [1.54, 1.807) is 24.3 Å². The van der Waals surface area contributed by atoms with Crippen molar-refractivity contribution in [3.8, 4) is 0 Å². The molecule has 4 aromatic rings. The first kappa shape index (κ1) is 20.1. The van der Waals surface area contributed by atoms with Crippen LogP contribution in [0.15, 0.2) is 78.0 Å². The van der Waals surface area contributed by atoms with Gasteiger partial charge in [0.15, 0.2) is 5.16 Å². The Morgan fingerprint density at radius 3 is 2.23 bits per heavy atom. The van der Waals surface area contributed by atoms with E-state index in [1.807, 2.05) is 28.8 Å². The standard InChI is InChI=1S/C23H18F2N2O2S/c24-18-9-5-16(6-10-18)13-27-21-4-2-1-3-20(21)26-23(27)30-15-22(28)29-14-17-7-11-19(25)12-8-17/h1-12H,13-15H2. The van der Waals surface area contributed by atoms with Crippen molar-refractivity contribution < 1.29 is 18.3 Å². The maximum Gasteiger partial charge on any atom is 0.316 e. The minimum Gasteiger partial charge on any atom is -0.460 e. The lowest BCUT2D eigenvalue weighted by Crippen LogP contribution is -2.09. The maximum absolute atomic E-state index is 13.2. The first-order valence-electron chi connectivity index (χ1n) is 9.31. The lowest BCUT2D eigenvalue weighted by molar-refractivity contribution is -0.141. The largest absolute Gasteiger partial charge is 0.460 e. The number of benzene rings is 3. The number of para-hydroxylation sites is 2. The van der Waals surface area contributed by atoms with Crippen LogP contribution in [0.25, 0.3) is 11.0 Å². The van der Waals surface area contributed by atoms with Gasteiger partial charge in [0.2, 0.25) is 0 Å². The van der Waals surface area contributed by atoms with Gasteiger partial charge >= 0.3 is 5.97 Å². The van der Waals surface area contributed by atoms with E-state index in [9.17, 15) is 13.6 Å². The van der Waals surface area contributed by atoms with E-state index in [0.717, 1.165) is 22.2 Å². The number of imidazole rings is 1. The second-order valence-electron chi connectivity index (χ2n) is 6.67. The molecule has 1 heterocycles. The zero-order chi connectivity index (χ0) is 20.9. The van der Waals surface area contributed by atoms with Gasteiger partial charge in [0, 0.05) is 0 Å². The average Bonchev–Trinajstić information content (AvgIpc) is 3.11. The Morgan fingerprint density at radius 1 is 0.900 bits per heavy atom. The predicted molar refractivity (Wildman–Crippen MR) is 112 cm³/mol. The van der Waals surface area contributed by atoms with Crippen LogP contribution in [0.4, 0.5) is 8.78 Å². The van der Waals surface area contributed by atoms with Crippen molar-refractivity contribution in [2.45, 2.75) is 18.3 Å². The lowest BCUT2D eigenvalue weighted by Gasteiger charge is -2.09. The summed E-state index contributed by atoms with van der Waals surface area (Å²) in [6.07, 6.45) is 0. The van der Waals surface area contributed by atoms with Crippen molar-refractivity contribution in [3.05, 3.63) is 95.6 Å². The van der Waals surface area contributed by atoms with Crippen LogP contribution in [0.5, 0.6) is 0 Å². The van der Waals surface area contributed by atoms with Crippen molar-refractivity contribution in [2.24, 2.45) is 0 Å². The van der Waals surface area contributed by atoms with E-state index in [2.05, 4.69) is 4.98 Å². The highest BCUT2D eigenvalue weighted by Crippen LogP contribution is 2.25. The fourth-order valence-electron chi connectivity index (χ4n) is 3.00. The summed E-state index contributed by atoms with van der Waals surface area (Å²) in [6.45, 7) is 0.597. The molecule has 3 aromatic carbocycles. The highest BCUT2D eigenvalue weighted by molar-refractivity contribution is 7.99. The number of hydrogen-bond donors (Lipinski definition) is 0. The third kappa shape index (κ3) is 4.86. The molecule has 0 saturated heterocycles. The molecule has 0 aliphatic heterocycles. The molecule has 0 radical (unpaired) electrons. The molecule has 0 atom stereocenters. The number of fused-ring (bicyclic) bond motifs is 1. The molecule has 0 saturated carbocycles. The molecule has 0 N–H and O–H groups in total. The van der Waals surface area contributed by atoms with Gasteiger partial charge in [-0.15, -0.1) is 0 Å². The number of aromatic nitrogens is 2. The number of ether oxygens (including phenoxy) is 1. The van der Waals surface area contributed by atoms with Gasteiger partial charge in [0.25, 0.3) is 0 Å². The topological polar surface area (TPSA) is 44.1 Å². The first-order chi connectivity index (χ1) is 14.6. The molecular formula is C23H18F2N2O2S. The fourth-order valence-corrected chi connectivity index (χ4v) is 3.81. The average molecular weight is 424 g/mol. The van der Waals surface area contributed by atoms with E-state index < -0.39 is 0 Å². The van der Waals surface area contributed by atoms with Gasteiger partial charge < -0.3 is 9.30 Å². The first-order valence-corrected chi connectivity index (χ1v) is 10.3. The second kappa shape index (κ2) is 9.09. The third-order valence-electron chi connectivity index (χ3n) is 4.51. The Balaban J connectivity index is 1.45. The van der Waals surface area contributed by atoms with Crippen LogP contribution in [0.3, 0.4) is 0 Å². The number of rotatable bonds is 7. The van der Waals surface area contributed by atoms with Crippen LogP contribution in [-0.4, -0.2) is 21.3 Å². The minimum atomic E-state index is -0.385. The predicted octanol–water partition coefficient (Wildman–Crippen LogP) is 5.20. The molecule has 0 bridgehead atoms. The zero-order valence-electron chi connectivity index (χ0n) is 15.9. The number of halogens is 2. The maximum atomic E-state index is 13.2. The summed E-state index contributed by atoms with van der Waals surface area (Å²) < 4.78 is 33.5. The fraction of sp³-hybridized carbons (Fsp3) is 0.130. The number of carbonyl (C=O) groups is 1. The summed E-state index contributed by atoms with van der Waals surface area (Å²) in [6, 6.07) is 19.8. The molecule has 0 aliphatic carbocycles. The van der Waals surface area contributed by atoms with E-state index in [4.69, 9.17) is 4.74 Å². The molecule has 152 valence electrons. The van der Waals surface area contributed by atoms with Gasteiger partial charge in [-0.3, -0.25) is 4.79 Å². The van der Waals surface area contributed by atoms with Crippen LogP contribution in [-0.2, 0) is 22.7 Å². The van der Waals surface area contributed by atoms with Crippen LogP contribution < -0.4 is 0 Å². The molecule has 7 heteroatoms. The second-order valence-corrected chi connectivity index (χ2v) is 7.61. The third-order valence-corrected chi connectivity index (χ3v) is 5.46. The monoisotopic (exact) mass is 424 g/mol. The molecule has 1 aromatic heterocycles. The molecular weight excluding hydrogens is 406 g/mol. The molecule has 0 spiro atoms. The zero-order valence-corrected chi connectivity index (χ0v) is 16.7. The van der Waals surface area contributed by atoms with Crippen molar-refractivity contribution >= 4 is 28.8 Å². The van der Waals surface area contributed by atoms with Crippen molar-refractivity contribution in [3.63, 3.8) is 0 Å². The summed E-state index contributed by atoms with van der Waals surface area (Å²) in [7, 11) is 0. The minimum absolute atomic E-state index is 0.0890. The van der Waals surface area contributed by atoms with Crippen molar-refractivity contribution in [2.75, 3.05) is 5.75 Å². The van der Waals surface area contributed by atoms with Gasteiger partial charge in [-0.2, -0.15) is 0 Å². The molecule has 4 rings (SSSR count). The number of nitrogens with zero attached hydrogens (tertiary/aromatic N) is 2. The number of hydrogen-bond acceptors (Lipinski definition) is 4. The lowest BCUT2D eigenvalue weighted by atomic mass is 10.2. The quantitative estimate of drug-likeness (QED) is 0.302. The van der Waals surface area contributed by atoms with Gasteiger partial charge in [-0.05, 0) is 47.5 Å². The van der Waals surface area contributed by atoms with Gasteiger partial charge in [-0.1, -0.05) is 48.2 Å². The van der Waals surface area contributed by atoms with Crippen molar-refractivity contribution in [1.29, 1.82) is 0 Å². The van der Waals surface area contributed by atoms with Gasteiger partial charge in [0.05, 0.1) is 23.3 Å². The summed E-state index contributed by atoms with van der Waals surface area (Å²) in [4.78, 5) is 16.8. The molecule has 4 nitrogen and oxygen atoms in total. The van der Waals surface area contributed by atoms with Crippen LogP contribution >= 0.6 is 11.8 Å². The van der Waals surface area contributed by atoms with E-state index in [-0.39, 0.29) is 30.0 Å². The Morgan fingerprint density at radius 2 is 1.53 bits per heavy atom. The van der Waals surface area contributed by atoms with Gasteiger partial charge in [0.1, 0.15) is 18.2 Å². The molecule has 0 amide bonds. The number of thioether (sulfide) groups is 1. The Kier molecular flexibility index (Phi) is 6.09. The molecule has 0 fully saturated rings. The van der Waals surface area contributed by atoms with Crippen LogP contribution in [0, 0.1) is 11.6 Å². The van der Waals surface area contributed by atoms with Crippen molar-refractivity contribution in [1.82, 2.24) is 9.55 Å². The highest BCUT2D eigenvalue weighted by atomic mass is 32.2. The summed E-state index contributed by atoms with van der Waals surface area (Å²) in [5, 5.41) is 0.680. The normalized spacial score (nSPS) is 11.0. The SMILES string of the molecule is O=C(CSc1nc2ccccc2n1Cc1ccc(F)cc1)OCc1ccc(F)cc1. The summed E-state index contributed by atoms with van der Waals surface area (Å²) in [5.74, 6) is -0.911. The van der Waals surface area contributed by atoms with Crippen LogP contribution in [0.1, 0.15) is 11.1 Å². The summed E-state index contributed by atoms with van der Waals surface area (Å²) >= 11 is 1.28. The highest BCUT2D eigenvalue weighted by Gasteiger charge is 2.14. The van der Waals surface area contributed by atoms with Gasteiger partial charge in [-0.25, -0.2) is 13.8 Å². The Bertz CT molecular complexity index is 1160. The van der Waals surface area contributed by atoms with E-state index in [1.165, 1.54) is 36.0 Å². The van der Waals surface area contributed by atoms with Crippen LogP contribution in [0.2, 0.25) is 0 Å². The molecule has 0 aliphatic rings. The van der Waals surface area contributed by atoms with E-state index >= 15 is 0 Å². The van der Waals surface area contributed by atoms with E-state index in [0.29, 0.717) is 11.7 Å².